The van der Waals surface area contributed by atoms with Crippen LogP contribution in [-0.2, 0) is 4.79 Å². The van der Waals surface area contributed by atoms with E-state index in [-0.39, 0.29) is 22.3 Å². The lowest BCUT2D eigenvalue weighted by Crippen LogP contribution is -2.38. The molecule has 6 nitrogen and oxygen atoms in total. The van der Waals surface area contributed by atoms with Gasteiger partial charge in [-0.05, 0) is 30.7 Å². The van der Waals surface area contributed by atoms with Crippen LogP contribution in [0.1, 0.15) is 27.8 Å². The minimum atomic E-state index is -1.15. The van der Waals surface area contributed by atoms with Crippen molar-refractivity contribution in [1.29, 1.82) is 0 Å². The lowest BCUT2D eigenvalue weighted by Gasteiger charge is -2.14. The largest absolute Gasteiger partial charge is 0.368 e. The molecule has 8 heteroatoms. The number of hydrogen-bond acceptors (Lipinski definition) is 3. The molecule has 1 aromatic carbocycles. The molecule has 1 atom stereocenters. The van der Waals surface area contributed by atoms with Crippen LogP contribution in [0.2, 0.25) is 0 Å². The van der Waals surface area contributed by atoms with Gasteiger partial charge in [0.15, 0.2) is 6.04 Å². The Balaban J connectivity index is 1.98. The van der Waals surface area contributed by atoms with Gasteiger partial charge in [-0.1, -0.05) is 6.07 Å². The summed E-state index contributed by atoms with van der Waals surface area (Å²) in [6.07, 6.45) is 1.46. The standard InChI is InChI=1S/C17H14F2N4O2/c1-8-13-10(19)6-9(18)7-12(13)22-14(8)17(25)23-15(16(20)24)11-4-2-3-5-21-11/h2-7,15,22H,1H3,(H2,20,24)(H,23,25). The quantitative estimate of drug-likeness (QED) is 0.675. The minimum Gasteiger partial charge on any atom is -0.368 e. The number of aryl methyl sites for hydroxylation is 1. The van der Waals surface area contributed by atoms with Crippen molar-refractivity contribution >= 4 is 22.7 Å². The van der Waals surface area contributed by atoms with Crippen molar-refractivity contribution in [1.82, 2.24) is 15.3 Å². The Morgan fingerprint density at radius 3 is 2.68 bits per heavy atom. The monoisotopic (exact) mass is 344 g/mol. The first-order valence-corrected chi connectivity index (χ1v) is 7.37. The number of halogens is 2. The van der Waals surface area contributed by atoms with Crippen molar-refractivity contribution in [2.75, 3.05) is 0 Å². The lowest BCUT2D eigenvalue weighted by atomic mass is 10.1. The van der Waals surface area contributed by atoms with Crippen LogP contribution in [0.5, 0.6) is 0 Å². The summed E-state index contributed by atoms with van der Waals surface area (Å²) in [5.41, 5.74) is 6.07. The second-order valence-corrected chi connectivity index (χ2v) is 5.50. The Kier molecular flexibility index (Phi) is 4.18. The highest BCUT2D eigenvalue weighted by Crippen LogP contribution is 2.26. The number of fused-ring (bicyclic) bond motifs is 1. The molecule has 25 heavy (non-hydrogen) atoms. The number of nitrogens with two attached hydrogens (primary N) is 1. The van der Waals surface area contributed by atoms with E-state index in [0.717, 1.165) is 12.1 Å². The topological polar surface area (TPSA) is 101 Å². The highest BCUT2D eigenvalue weighted by molar-refractivity contribution is 6.02. The Morgan fingerprint density at radius 1 is 1.28 bits per heavy atom. The van der Waals surface area contributed by atoms with Crippen molar-refractivity contribution in [3.05, 3.63) is 65.1 Å². The van der Waals surface area contributed by atoms with Gasteiger partial charge in [0.05, 0.1) is 11.2 Å². The predicted octanol–water partition coefficient (Wildman–Crippen LogP) is 2.11. The van der Waals surface area contributed by atoms with Crippen molar-refractivity contribution in [2.24, 2.45) is 5.73 Å². The number of H-pyrrole nitrogens is 1. The van der Waals surface area contributed by atoms with E-state index in [9.17, 15) is 18.4 Å². The first kappa shape index (κ1) is 16.6. The van der Waals surface area contributed by atoms with Gasteiger partial charge in [-0.3, -0.25) is 14.6 Å². The van der Waals surface area contributed by atoms with Crippen LogP contribution in [0.3, 0.4) is 0 Å². The summed E-state index contributed by atoms with van der Waals surface area (Å²) in [6, 6.07) is 5.53. The highest BCUT2D eigenvalue weighted by atomic mass is 19.1. The average Bonchev–Trinajstić information content (AvgIpc) is 2.89. The van der Waals surface area contributed by atoms with Gasteiger partial charge < -0.3 is 16.0 Å². The van der Waals surface area contributed by atoms with E-state index < -0.39 is 29.5 Å². The number of amides is 2. The SMILES string of the molecule is Cc1c(C(=O)NC(C(N)=O)c2ccccn2)[nH]c2cc(F)cc(F)c12. The third-order valence-corrected chi connectivity index (χ3v) is 3.84. The van der Waals surface area contributed by atoms with Gasteiger partial charge in [0.25, 0.3) is 5.91 Å². The van der Waals surface area contributed by atoms with Crippen LogP contribution < -0.4 is 11.1 Å². The van der Waals surface area contributed by atoms with E-state index in [0.29, 0.717) is 5.56 Å². The number of primary amides is 1. The number of nitrogens with zero attached hydrogens (tertiary/aromatic N) is 1. The maximum Gasteiger partial charge on any atom is 0.268 e. The number of pyridine rings is 1. The molecule has 3 rings (SSSR count). The molecule has 2 aromatic heterocycles. The molecule has 2 heterocycles. The maximum absolute atomic E-state index is 14.0. The molecule has 0 bridgehead atoms. The smallest absolute Gasteiger partial charge is 0.268 e. The van der Waals surface area contributed by atoms with Crippen molar-refractivity contribution in [3.8, 4) is 0 Å². The normalized spacial score (nSPS) is 12.1. The van der Waals surface area contributed by atoms with E-state index in [1.807, 2.05) is 0 Å². The summed E-state index contributed by atoms with van der Waals surface area (Å²) >= 11 is 0. The molecule has 0 saturated heterocycles. The number of aromatic amines is 1. The zero-order valence-electron chi connectivity index (χ0n) is 13.1. The van der Waals surface area contributed by atoms with Gasteiger partial charge >= 0.3 is 0 Å². The van der Waals surface area contributed by atoms with Crippen molar-refractivity contribution in [3.63, 3.8) is 0 Å². The summed E-state index contributed by atoms with van der Waals surface area (Å²) in [6.45, 7) is 1.52. The molecule has 0 saturated carbocycles. The molecule has 1 unspecified atom stereocenters. The molecule has 0 aliphatic carbocycles. The third kappa shape index (κ3) is 3.06. The average molecular weight is 344 g/mol. The van der Waals surface area contributed by atoms with Gasteiger partial charge in [0, 0.05) is 17.6 Å². The molecule has 0 aliphatic rings. The molecule has 3 aromatic rings. The van der Waals surface area contributed by atoms with Gasteiger partial charge in [-0.2, -0.15) is 0 Å². The Labute approximate surface area is 141 Å². The molecular weight excluding hydrogens is 330 g/mol. The molecular formula is C17H14F2N4O2. The number of benzene rings is 1. The van der Waals surface area contributed by atoms with Gasteiger partial charge in [-0.25, -0.2) is 8.78 Å². The number of carbonyl (C=O) groups excluding carboxylic acids is 2. The number of aromatic nitrogens is 2. The summed E-state index contributed by atoms with van der Waals surface area (Å²) in [5, 5.41) is 2.57. The van der Waals surface area contributed by atoms with E-state index >= 15 is 0 Å². The van der Waals surface area contributed by atoms with Gasteiger partial charge in [0.2, 0.25) is 5.91 Å². The summed E-state index contributed by atoms with van der Waals surface area (Å²) in [5.74, 6) is -3.01. The fourth-order valence-corrected chi connectivity index (χ4v) is 2.67. The lowest BCUT2D eigenvalue weighted by molar-refractivity contribution is -0.120. The zero-order chi connectivity index (χ0) is 18.1. The van der Waals surface area contributed by atoms with Crippen LogP contribution in [0.15, 0.2) is 36.5 Å². The predicted molar refractivity (Wildman–Crippen MR) is 86.6 cm³/mol. The molecule has 4 N–H and O–H groups in total. The second-order valence-electron chi connectivity index (χ2n) is 5.50. The van der Waals surface area contributed by atoms with Crippen LogP contribution in [-0.4, -0.2) is 21.8 Å². The summed E-state index contributed by atoms with van der Waals surface area (Å²) < 4.78 is 27.3. The molecule has 0 spiro atoms. The van der Waals surface area contributed by atoms with Crippen LogP contribution >= 0.6 is 0 Å². The number of rotatable bonds is 4. The third-order valence-electron chi connectivity index (χ3n) is 3.84. The second kappa shape index (κ2) is 6.31. The molecule has 2 amide bonds. The van der Waals surface area contributed by atoms with E-state index in [1.54, 1.807) is 18.2 Å². The molecule has 128 valence electrons. The van der Waals surface area contributed by atoms with Crippen LogP contribution in [0.25, 0.3) is 10.9 Å². The Morgan fingerprint density at radius 2 is 2.04 bits per heavy atom. The first-order valence-electron chi connectivity index (χ1n) is 7.37. The number of carbonyl (C=O) groups is 2. The fourth-order valence-electron chi connectivity index (χ4n) is 2.67. The minimum absolute atomic E-state index is 0.0154. The van der Waals surface area contributed by atoms with Crippen molar-refractivity contribution < 1.29 is 18.4 Å². The van der Waals surface area contributed by atoms with Gasteiger partial charge in [-0.15, -0.1) is 0 Å². The van der Waals surface area contributed by atoms with Crippen LogP contribution in [0, 0.1) is 18.6 Å². The van der Waals surface area contributed by atoms with Crippen LogP contribution in [0.4, 0.5) is 8.78 Å². The highest BCUT2D eigenvalue weighted by Gasteiger charge is 2.25. The number of nitrogens with one attached hydrogen (secondary N) is 2. The van der Waals surface area contributed by atoms with E-state index in [1.165, 1.54) is 13.1 Å². The van der Waals surface area contributed by atoms with Crippen molar-refractivity contribution in [2.45, 2.75) is 13.0 Å². The molecule has 0 fully saturated rings. The fraction of sp³-hybridized carbons (Fsp3) is 0.118. The van der Waals surface area contributed by atoms with E-state index in [4.69, 9.17) is 5.73 Å². The zero-order valence-corrected chi connectivity index (χ0v) is 13.1. The number of hydrogen-bond donors (Lipinski definition) is 3. The first-order chi connectivity index (χ1) is 11.9. The summed E-state index contributed by atoms with van der Waals surface area (Å²) in [4.78, 5) is 30.9. The van der Waals surface area contributed by atoms with E-state index in [2.05, 4.69) is 15.3 Å². The molecule has 0 radical (unpaired) electrons. The van der Waals surface area contributed by atoms with Gasteiger partial charge in [0.1, 0.15) is 17.3 Å². The Bertz CT molecular complexity index is 970. The summed E-state index contributed by atoms with van der Waals surface area (Å²) in [7, 11) is 0. The maximum atomic E-state index is 14.0. The Hall–Kier alpha value is -3.29. The molecule has 0 aliphatic heterocycles.